The van der Waals surface area contributed by atoms with Crippen LogP contribution in [0.4, 0.5) is 0 Å². The Morgan fingerprint density at radius 2 is 1.56 bits per heavy atom. The van der Waals surface area contributed by atoms with Crippen LogP contribution in [0, 0.1) is 47.8 Å². The minimum atomic E-state index is 0. The molecule has 1 aromatic rings. The van der Waals surface area contributed by atoms with Crippen molar-refractivity contribution in [1.29, 1.82) is 0 Å². The van der Waals surface area contributed by atoms with Gasteiger partial charge in [0.1, 0.15) is 5.75 Å². The molecule has 1 aromatic carbocycles. The molecule has 0 unspecified atom stereocenters. The quantitative estimate of drug-likeness (QED) is 0.745. The Morgan fingerprint density at radius 1 is 1.11 bits per heavy atom. The van der Waals surface area contributed by atoms with Crippen molar-refractivity contribution in [2.24, 2.45) is 0 Å². The Kier molecular flexibility index (Phi) is 4.40. The number of hydrogen-bond donors (Lipinski definition) is 1. The van der Waals surface area contributed by atoms with Gasteiger partial charge in [-0.3, -0.25) is 0 Å². The summed E-state index contributed by atoms with van der Waals surface area (Å²) < 4.78 is 0. The maximum Gasteiger partial charge on any atom is 0.115 e. The summed E-state index contributed by atoms with van der Waals surface area (Å²) in [7, 11) is 0. The molecule has 0 atom stereocenters. The average molecular weight is 252 g/mol. The van der Waals surface area contributed by atoms with Crippen LogP contribution in [-0.2, 0) is 0 Å². The fraction of sp³-hybridized carbons (Fsp3) is 0.143. The van der Waals surface area contributed by atoms with Crippen LogP contribution in [0.2, 0.25) is 0 Å². The fourth-order valence-electron chi connectivity index (χ4n) is 0.545. The number of aromatic hydroxyl groups is 1. The van der Waals surface area contributed by atoms with E-state index in [1.54, 1.807) is 12.1 Å². The molecule has 0 bridgehead atoms. The summed E-state index contributed by atoms with van der Waals surface area (Å²) in [6.07, 6.45) is 0. The molecule has 0 aliphatic rings. The number of phenols is 1. The molecule has 0 saturated carbocycles. The topological polar surface area (TPSA) is 20.2 Å². The third-order valence-corrected chi connectivity index (χ3v) is 1.03. The standard InChI is InChI=1S/C7H8O.Nd/c1-6-2-4-7(8)5-3-6;/h2-5,8H,1H3;. The van der Waals surface area contributed by atoms with Crippen molar-refractivity contribution in [1.82, 2.24) is 0 Å². The first kappa shape index (κ1) is 9.37. The van der Waals surface area contributed by atoms with Crippen molar-refractivity contribution >= 4 is 0 Å². The zero-order valence-corrected chi connectivity index (χ0v) is 8.46. The molecule has 1 nitrogen and oxygen atoms in total. The third-order valence-electron chi connectivity index (χ3n) is 1.03. The van der Waals surface area contributed by atoms with Gasteiger partial charge in [-0.2, -0.15) is 0 Å². The van der Waals surface area contributed by atoms with Crippen LogP contribution in [-0.4, -0.2) is 5.11 Å². The summed E-state index contributed by atoms with van der Waals surface area (Å²) in [4.78, 5) is 0. The number of rotatable bonds is 0. The van der Waals surface area contributed by atoms with Crippen molar-refractivity contribution in [3.8, 4) is 5.75 Å². The van der Waals surface area contributed by atoms with Crippen molar-refractivity contribution in [2.75, 3.05) is 0 Å². The molecule has 0 fully saturated rings. The number of aryl methyl sites for hydroxylation is 1. The van der Waals surface area contributed by atoms with Gasteiger partial charge < -0.3 is 5.11 Å². The summed E-state index contributed by atoms with van der Waals surface area (Å²) in [5.74, 6) is 0.329. The first-order valence-corrected chi connectivity index (χ1v) is 2.54. The molecule has 0 radical (unpaired) electrons. The fourth-order valence-corrected chi connectivity index (χ4v) is 0.545. The normalized spacial score (nSPS) is 8.11. The molecule has 46 valence electrons. The molecule has 0 amide bonds. The molecule has 0 heterocycles. The van der Waals surface area contributed by atoms with E-state index >= 15 is 0 Å². The van der Waals surface area contributed by atoms with Gasteiger partial charge in [0.25, 0.3) is 0 Å². The van der Waals surface area contributed by atoms with E-state index in [9.17, 15) is 0 Å². The van der Waals surface area contributed by atoms with Gasteiger partial charge in [-0.05, 0) is 19.1 Å². The molecular formula is C7H8NdO. The number of phenolic OH excluding ortho intramolecular Hbond substituents is 1. The van der Waals surface area contributed by atoms with E-state index in [2.05, 4.69) is 0 Å². The van der Waals surface area contributed by atoms with Crippen LogP contribution in [0.3, 0.4) is 0 Å². The Morgan fingerprint density at radius 3 is 1.89 bits per heavy atom. The van der Waals surface area contributed by atoms with E-state index in [4.69, 9.17) is 5.11 Å². The molecule has 1 rings (SSSR count). The SMILES string of the molecule is Cc1ccc(O)cc1.[Nd]. The van der Waals surface area contributed by atoms with Gasteiger partial charge in [-0.15, -0.1) is 0 Å². The van der Waals surface area contributed by atoms with Crippen LogP contribution in [0.25, 0.3) is 0 Å². The molecule has 2 heteroatoms. The Balaban J connectivity index is 0.000000640. The van der Waals surface area contributed by atoms with E-state index in [1.807, 2.05) is 19.1 Å². The van der Waals surface area contributed by atoms with Crippen LogP contribution < -0.4 is 0 Å². The average Bonchev–Trinajstić information content (AvgIpc) is 1.77. The van der Waals surface area contributed by atoms with E-state index in [-0.39, 0.29) is 40.8 Å². The number of benzene rings is 1. The van der Waals surface area contributed by atoms with Crippen LogP contribution in [0.15, 0.2) is 24.3 Å². The summed E-state index contributed by atoms with van der Waals surface area (Å²) in [5.41, 5.74) is 1.17. The van der Waals surface area contributed by atoms with Gasteiger partial charge in [-0.25, -0.2) is 0 Å². The predicted octanol–water partition coefficient (Wildman–Crippen LogP) is 1.70. The van der Waals surface area contributed by atoms with Crippen LogP contribution >= 0.6 is 0 Å². The van der Waals surface area contributed by atoms with Crippen molar-refractivity contribution in [3.63, 3.8) is 0 Å². The van der Waals surface area contributed by atoms with Gasteiger partial charge in [0.05, 0.1) is 0 Å². The molecule has 0 aliphatic carbocycles. The van der Waals surface area contributed by atoms with E-state index in [1.165, 1.54) is 5.56 Å². The monoisotopic (exact) mass is 250 g/mol. The summed E-state index contributed by atoms with van der Waals surface area (Å²) in [5, 5.41) is 8.76. The van der Waals surface area contributed by atoms with E-state index in [0.717, 1.165) is 0 Å². The van der Waals surface area contributed by atoms with Gasteiger partial charge in [-0.1, -0.05) is 17.7 Å². The van der Waals surface area contributed by atoms with Crippen molar-refractivity contribution in [3.05, 3.63) is 29.8 Å². The molecule has 9 heavy (non-hydrogen) atoms. The third kappa shape index (κ3) is 3.16. The molecule has 0 aliphatic heterocycles. The minimum absolute atomic E-state index is 0. The molecule has 0 aromatic heterocycles. The van der Waals surface area contributed by atoms with Crippen LogP contribution in [0.5, 0.6) is 5.75 Å². The first-order chi connectivity index (χ1) is 3.79. The maximum atomic E-state index is 8.76. The maximum absolute atomic E-state index is 8.76. The second kappa shape index (κ2) is 4.23. The minimum Gasteiger partial charge on any atom is -0.508 e. The van der Waals surface area contributed by atoms with Crippen LogP contribution in [0.1, 0.15) is 5.56 Å². The number of hydrogen-bond acceptors (Lipinski definition) is 1. The molecule has 0 saturated heterocycles. The Labute approximate surface area is 87.6 Å². The van der Waals surface area contributed by atoms with Gasteiger partial charge in [0, 0.05) is 40.8 Å². The van der Waals surface area contributed by atoms with Crippen molar-refractivity contribution in [2.45, 2.75) is 6.92 Å². The summed E-state index contributed by atoms with van der Waals surface area (Å²) in [6, 6.07) is 7.09. The van der Waals surface area contributed by atoms with E-state index < -0.39 is 0 Å². The van der Waals surface area contributed by atoms with E-state index in [0.29, 0.717) is 5.75 Å². The Hall–Kier alpha value is 0.371. The molecular weight excluding hydrogens is 244 g/mol. The smallest absolute Gasteiger partial charge is 0.115 e. The van der Waals surface area contributed by atoms with Crippen molar-refractivity contribution < 1.29 is 45.9 Å². The summed E-state index contributed by atoms with van der Waals surface area (Å²) in [6.45, 7) is 1.99. The first-order valence-electron chi connectivity index (χ1n) is 2.54. The van der Waals surface area contributed by atoms with Gasteiger partial charge in [0.2, 0.25) is 0 Å². The summed E-state index contributed by atoms with van der Waals surface area (Å²) >= 11 is 0. The molecule has 1 N–H and O–H groups in total. The Bertz CT molecular complexity index is 148. The molecule has 0 spiro atoms. The predicted molar refractivity (Wildman–Crippen MR) is 32.8 cm³/mol. The second-order valence-electron chi connectivity index (χ2n) is 1.84. The van der Waals surface area contributed by atoms with Gasteiger partial charge in [0.15, 0.2) is 0 Å². The van der Waals surface area contributed by atoms with Gasteiger partial charge >= 0.3 is 0 Å². The zero-order chi connectivity index (χ0) is 5.98. The largest absolute Gasteiger partial charge is 0.508 e. The zero-order valence-electron chi connectivity index (χ0n) is 5.26. The second-order valence-corrected chi connectivity index (χ2v) is 1.84.